The van der Waals surface area contributed by atoms with Crippen molar-refractivity contribution in [1.82, 2.24) is 9.88 Å². The number of rotatable bonds is 2. The topological polar surface area (TPSA) is 86.2 Å². The lowest BCUT2D eigenvalue weighted by Crippen LogP contribution is -2.53. The Morgan fingerprint density at radius 1 is 1.28 bits per heavy atom. The Balaban J connectivity index is 1.67. The Morgan fingerprint density at radius 3 is 2.44 bits per heavy atom. The van der Waals surface area contributed by atoms with Gasteiger partial charge in [0.15, 0.2) is 0 Å². The number of carbonyl (C=O) groups is 1. The third-order valence-corrected chi connectivity index (χ3v) is 4.73. The molecule has 1 aliphatic heterocycles. The molecular formula is C16H18F3N5O. The Kier molecular flexibility index (Phi) is 4.56. The summed E-state index contributed by atoms with van der Waals surface area (Å²) in [4.78, 5) is 19.6. The second-order valence-electron chi connectivity index (χ2n) is 6.45. The van der Waals surface area contributed by atoms with Gasteiger partial charge in [0.1, 0.15) is 11.9 Å². The minimum atomic E-state index is -4.54. The first-order chi connectivity index (χ1) is 11.8. The number of nitrogens with zero attached hydrogens (tertiary/aromatic N) is 4. The molecular weight excluding hydrogens is 335 g/mol. The van der Waals surface area contributed by atoms with Crippen LogP contribution in [0.3, 0.4) is 0 Å². The summed E-state index contributed by atoms with van der Waals surface area (Å²) in [5.41, 5.74) is 4.66. The zero-order valence-electron chi connectivity index (χ0n) is 13.5. The predicted octanol–water partition coefficient (Wildman–Crippen LogP) is 1.36. The highest BCUT2D eigenvalue weighted by atomic mass is 19.4. The van der Waals surface area contributed by atoms with Crippen molar-refractivity contribution in [3.05, 3.63) is 23.4 Å². The normalized spacial score (nSPS) is 23.8. The average Bonchev–Trinajstić information content (AvgIpc) is 2.57. The van der Waals surface area contributed by atoms with Crippen LogP contribution in [0.5, 0.6) is 0 Å². The van der Waals surface area contributed by atoms with Crippen LogP contribution in [0.15, 0.2) is 12.3 Å². The Hall–Kier alpha value is -2.34. The molecule has 3 rings (SSSR count). The van der Waals surface area contributed by atoms with Crippen molar-refractivity contribution in [3.63, 3.8) is 0 Å². The highest BCUT2D eigenvalue weighted by Gasteiger charge is 2.36. The van der Waals surface area contributed by atoms with Crippen LogP contribution in [-0.4, -0.2) is 48.0 Å². The third kappa shape index (κ3) is 3.54. The quantitative estimate of drug-likeness (QED) is 0.868. The van der Waals surface area contributed by atoms with Gasteiger partial charge in [-0.15, -0.1) is 0 Å². The maximum atomic E-state index is 12.7. The van der Waals surface area contributed by atoms with Crippen molar-refractivity contribution >= 4 is 11.7 Å². The molecule has 1 saturated heterocycles. The number of hydrogen-bond donors (Lipinski definition) is 1. The summed E-state index contributed by atoms with van der Waals surface area (Å²) in [5, 5.41) is 9.16. The molecule has 0 bridgehead atoms. The molecule has 1 aromatic heterocycles. The highest BCUT2D eigenvalue weighted by Crippen LogP contribution is 2.32. The molecule has 2 fully saturated rings. The summed E-state index contributed by atoms with van der Waals surface area (Å²) < 4.78 is 38.2. The molecule has 0 atom stereocenters. The number of aromatic nitrogens is 1. The molecule has 2 aliphatic rings. The van der Waals surface area contributed by atoms with Crippen molar-refractivity contribution in [1.29, 1.82) is 5.26 Å². The summed E-state index contributed by atoms with van der Waals surface area (Å²) in [6.45, 7) is 1.77. The number of anilines is 1. The van der Waals surface area contributed by atoms with Gasteiger partial charge in [0.2, 0.25) is 5.91 Å². The number of nitrogens with two attached hydrogens (primary N) is 1. The van der Waals surface area contributed by atoms with Gasteiger partial charge in [-0.2, -0.15) is 18.4 Å². The lowest BCUT2D eigenvalue weighted by atomic mass is 9.80. The van der Waals surface area contributed by atoms with Gasteiger partial charge in [0.25, 0.3) is 0 Å². The summed E-state index contributed by atoms with van der Waals surface area (Å²) in [6, 6.07) is 2.70. The molecule has 2 heterocycles. The zero-order valence-corrected chi connectivity index (χ0v) is 13.5. The van der Waals surface area contributed by atoms with Crippen LogP contribution < -0.4 is 10.6 Å². The van der Waals surface area contributed by atoms with Crippen LogP contribution in [0, 0.1) is 17.2 Å². The monoisotopic (exact) mass is 353 g/mol. The van der Waals surface area contributed by atoms with E-state index in [1.54, 1.807) is 15.9 Å². The predicted molar refractivity (Wildman–Crippen MR) is 83.4 cm³/mol. The van der Waals surface area contributed by atoms with E-state index in [-0.39, 0.29) is 29.2 Å². The molecule has 0 unspecified atom stereocenters. The molecule has 2 N–H and O–H groups in total. The molecule has 1 amide bonds. The van der Waals surface area contributed by atoms with Gasteiger partial charge < -0.3 is 15.5 Å². The molecule has 1 aromatic rings. The molecule has 6 nitrogen and oxygen atoms in total. The highest BCUT2D eigenvalue weighted by molar-refractivity contribution is 5.80. The van der Waals surface area contributed by atoms with Gasteiger partial charge in [-0.25, -0.2) is 4.98 Å². The number of pyridine rings is 1. The Morgan fingerprint density at radius 2 is 1.92 bits per heavy atom. The number of carbonyl (C=O) groups excluding carboxylic acids is 1. The SMILES string of the molecule is N#Cc1cc(C(F)(F)F)cnc1N1CCN(C(=O)C2CC(N)C2)CC1. The molecule has 9 heteroatoms. The van der Waals surface area contributed by atoms with Gasteiger partial charge in [-0.3, -0.25) is 4.79 Å². The standard InChI is InChI=1S/C16H18F3N5O/c17-16(18,19)12-5-11(8-20)14(22-9-12)23-1-3-24(4-2-23)15(25)10-6-13(21)7-10/h5,9-10,13H,1-4,6-7,21H2. The maximum Gasteiger partial charge on any atom is 0.417 e. The van der Waals surface area contributed by atoms with Crippen LogP contribution in [0.2, 0.25) is 0 Å². The number of amides is 1. The fourth-order valence-electron chi connectivity index (χ4n) is 3.21. The van der Waals surface area contributed by atoms with Crippen LogP contribution in [-0.2, 0) is 11.0 Å². The van der Waals surface area contributed by atoms with Crippen molar-refractivity contribution in [3.8, 4) is 6.07 Å². The van der Waals surface area contributed by atoms with E-state index < -0.39 is 11.7 Å². The largest absolute Gasteiger partial charge is 0.417 e. The van der Waals surface area contributed by atoms with E-state index in [2.05, 4.69) is 4.98 Å². The fourth-order valence-corrected chi connectivity index (χ4v) is 3.21. The summed E-state index contributed by atoms with van der Waals surface area (Å²) in [6.07, 6.45) is -2.38. The summed E-state index contributed by atoms with van der Waals surface area (Å²) >= 11 is 0. The first-order valence-corrected chi connectivity index (χ1v) is 8.06. The zero-order chi connectivity index (χ0) is 18.2. The summed E-state index contributed by atoms with van der Waals surface area (Å²) in [5.74, 6) is 0.302. The van der Waals surface area contributed by atoms with Gasteiger partial charge in [-0.1, -0.05) is 0 Å². The molecule has 134 valence electrons. The van der Waals surface area contributed by atoms with Crippen LogP contribution in [0.25, 0.3) is 0 Å². The van der Waals surface area contributed by atoms with Gasteiger partial charge in [0.05, 0.1) is 11.1 Å². The third-order valence-electron chi connectivity index (χ3n) is 4.73. The Labute approximate surface area is 143 Å². The number of alkyl halides is 3. The van der Waals surface area contributed by atoms with E-state index in [0.29, 0.717) is 39.0 Å². The van der Waals surface area contributed by atoms with E-state index in [4.69, 9.17) is 11.0 Å². The molecule has 0 spiro atoms. The second-order valence-corrected chi connectivity index (χ2v) is 6.45. The molecule has 1 saturated carbocycles. The number of piperazine rings is 1. The van der Waals surface area contributed by atoms with Crippen LogP contribution in [0.4, 0.5) is 19.0 Å². The average molecular weight is 353 g/mol. The van der Waals surface area contributed by atoms with E-state index in [9.17, 15) is 18.0 Å². The van der Waals surface area contributed by atoms with Gasteiger partial charge in [-0.05, 0) is 18.9 Å². The minimum Gasteiger partial charge on any atom is -0.352 e. The lowest BCUT2D eigenvalue weighted by molar-refractivity contribution is -0.139. The van der Waals surface area contributed by atoms with Gasteiger partial charge in [0, 0.05) is 44.3 Å². The minimum absolute atomic E-state index is 0.0135. The second kappa shape index (κ2) is 6.52. The van der Waals surface area contributed by atoms with Crippen molar-refractivity contribution in [2.24, 2.45) is 11.7 Å². The lowest BCUT2D eigenvalue weighted by Gasteiger charge is -2.40. The maximum absolute atomic E-state index is 12.7. The first kappa shape index (κ1) is 17.5. The first-order valence-electron chi connectivity index (χ1n) is 8.06. The van der Waals surface area contributed by atoms with E-state index >= 15 is 0 Å². The van der Waals surface area contributed by atoms with E-state index in [0.717, 1.165) is 12.3 Å². The molecule has 1 aliphatic carbocycles. The van der Waals surface area contributed by atoms with E-state index in [1.807, 2.05) is 0 Å². The smallest absolute Gasteiger partial charge is 0.352 e. The number of nitriles is 1. The molecule has 0 aromatic carbocycles. The number of hydrogen-bond acceptors (Lipinski definition) is 5. The Bertz CT molecular complexity index is 701. The molecule has 25 heavy (non-hydrogen) atoms. The van der Waals surface area contributed by atoms with Crippen LogP contribution >= 0.6 is 0 Å². The van der Waals surface area contributed by atoms with Crippen LogP contribution in [0.1, 0.15) is 24.0 Å². The fraction of sp³-hybridized carbons (Fsp3) is 0.562. The van der Waals surface area contributed by atoms with Crippen molar-refractivity contribution < 1.29 is 18.0 Å². The van der Waals surface area contributed by atoms with Crippen molar-refractivity contribution in [2.45, 2.75) is 25.1 Å². The van der Waals surface area contributed by atoms with E-state index in [1.165, 1.54) is 0 Å². The molecule has 0 radical (unpaired) electrons. The number of halogens is 3. The van der Waals surface area contributed by atoms with Crippen molar-refractivity contribution in [2.75, 3.05) is 31.1 Å². The van der Waals surface area contributed by atoms with Gasteiger partial charge >= 0.3 is 6.18 Å². The summed E-state index contributed by atoms with van der Waals surface area (Å²) in [7, 11) is 0.